The number of fused-ring (bicyclic) bond motifs is 1. The van der Waals surface area contributed by atoms with Crippen LogP contribution in [0.1, 0.15) is 19.8 Å². The molecule has 0 bridgehead atoms. The average molecular weight is 417 g/mol. The van der Waals surface area contributed by atoms with Gasteiger partial charge < -0.3 is 26.4 Å². The largest absolute Gasteiger partial charge is 0.500 e. The molecule has 0 aromatic carbocycles. The van der Waals surface area contributed by atoms with E-state index in [1.807, 2.05) is 18.5 Å². The lowest BCUT2D eigenvalue weighted by Crippen LogP contribution is -2.42. The third-order valence-electron chi connectivity index (χ3n) is 5.02. The van der Waals surface area contributed by atoms with Crippen LogP contribution in [0.5, 0.6) is 0 Å². The molecule has 7 heteroatoms. The van der Waals surface area contributed by atoms with Crippen LogP contribution in [-0.2, 0) is 4.74 Å². The first-order valence-electron chi connectivity index (χ1n) is 9.69. The first-order valence-corrected chi connectivity index (χ1v) is 9.69. The van der Waals surface area contributed by atoms with E-state index in [4.69, 9.17) is 10.5 Å². The fraction of sp³-hybridized carbons (Fsp3) is 0.304. The monoisotopic (exact) mass is 416 g/mol. The van der Waals surface area contributed by atoms with Gasteiger partial charge in [-0.1, -0.05) is 25.3 Å². The molecule has 0 saturated heterocycles. The highest BCUT2D eigenvalue weighted by Gasteiger charge is 2.32. The number of rotatable bonds is 10. The second-order valence-electron chi connectivity index (χ2n) is 7.05. The minimum absolute atomic E-state index is 0.0278. The molecule has 2 heterocycles. The van der Waals surface area contributed by atoms with Crippen LogP contribution in [0.2, 0.25) is 0 Å². The van der Waals surface area contributed by atoms with Crippen molar-refractivity contribution in [3.63, 3.8) is 0 Å². The molecule has 2 atom stereocenters. The van der Waals surface area contributed by atoms with Gasteiger partial charge in [-0.05, 0) is 49.0 Å². The Labute approximate surface area is 177 Å². The number of halogens is 2. The Hall–Kier alpha value is -3.22. The molecular formula is C23H30F2N4O. The van der Waals surface area contributed by atoms with Gasteiger partial charge >= 0.3 is 0 Å². The van der Waals surface area contributed by atoms with Crippen LogP contribution in [-0.4, -0.2) is 19.8 Å². The molecule has 0 aliphatic carbocycles. The zero-order chi connectivity index (χ0) is 22.1. The van der Waals surface area contributed by atoms with Crippen molar-refractivity contribution in [2.75, 3.05) is 13.7 Å². The topological polar surface area (TPSA) is 71.3 Å². The van der Waals surface area contributed by atoms with Crippen molar-refractivity contribution in [3.05, 3.63) is 95.9 Å². The second kappa shape index (κ2) is 11.1. The molecule has 2 aliphatic rings. The van der Waals surface area contributed by atoms with Crippen LogP contribution in [0.15, 0.2) is 95.9 Å². The number of hydrogen-bond donors (Lipinski definition) is 4. The van der Waals surface area contributed by atoms with E-state index in [9.17, 15) is 8.78 Å². The summed E-state index contributed by atoms with van der Waals surface area (Å²) in [6.07, 6.45) is 13.0. The van der Waals surface area contributed by atoms with E-state index in [1.165, 1.54) is 18.6 Å². The van der Waals surface area contributed by atoms with E-state index >= 15 is 0 Å². The molecule has 0 amide bonds. The first-order chi connectivity index (χ1) is 14.4. The van der Waals surface area contributed by atoms with Gasteiger partial charge in [-0.3, -0.25) is 0 Å². The minimum atomic E-state index is -0.669. The van der Waals surface area contributed by atoms with E-state index in [0.29, 0.717) is 12.1 Å². The molecule has 0 fully saturated rings. The summed E-state index contributed by atoms with van der Waals surface area (Å²) >= 11 is 0. The molecule has 0 aromatic rings. The Bertz CT molecular complexity index is 845. The zero-order valence-electron chi connectivity index (χ0n) is 17.5. The maximum Gasteiger partial charge on any atom is 0.130 e. The summed E-state index contributed by atoms with van der Waals surface area (Å²) in [4.78, 5) is 0. The lowest BCUT2D eigenvalue weighted by molar-refractivity contribution is 0.235. The summed E-state index contributed by atoms with van der Waals surface area (Å²) in [6.45, 7) is 8.49. The van der Waals surface area contributed by atoms with Gasteiger partial charge in [-0.15, -0.1) is 0 Å². The number of hydrogen-bond acceptors (Lipinski definition) is 5. The Kier molecular flexibility index (Phi) is 8.53. The van der Waals surface area contributed by atoms with Crippen molar-refractivity contribution in [2.24, 2.45) is 11.7 Å². The maximum atomic E-state index is 13.9. The number of allylic oxidation sites excluding steroid dienone is 7. The Morgan fingerprint density at radius 1 is 1.33 bits per heavy atom. The van der Waals surface area contributed by atoms with Crippen molar-refractivity contribution in [2.45, 2.75) is 25.9 Å². The fourth-order valence-electron chi connectivity index (χ4n) is 3.28. The summed E-state index contributed by atoms with van der Waals surface area (Å²) in [5.74, 6) is -0.0905. The van der Waals surface area contributed by atoms with Crippen LogP contribution in [0.4, 0.5) is 8.78 Å². The van der Waals surface area contributed by atoms with E-state index in [-0.39, 0.29) is 24.2 Å². The highest BCUT2D eigenvalue weighted by Crippen LogP contribution is 2.33. The quantitative estimate of drug-likeness (QED) is 0.404. The molecule has 0 radical (unpaired) electrons. The lowest BCUT2D eigenvalue weighted by atomic mass is 9.89. The predicted octanol–water partition coefficient (Wildman–Crippen LogP) is 4.07. The molecule has 5 N–H and O–H groups in total. The molecule has 0 saturated carbocycles. The van der Waals surface area contributed by atoms with Crippen molar-refractivity contribution in [1.82, 2.24) is 16.0 Å². The SMILES string of the molecule is C=C/C=C(F)\C(CNC(=C)/C=C\C(=C/N)CC1=CNC2NC=C(OC)CC12)=C(/C)F. The van der Waals surface area contributed by atoms with Gasteiger partial charge in [0.15, 0.2) is 0 Å². The highest BCUT2D eigenvalue weighted by atomic mass is 19.1. The molecule has 162 valence electrons. The highest BCUT2D eigenvalue weighted by molar-refractivity contribution is 5.35. The summed E-state index contributed by atoms with van der Waals surface area (Å²) in [7, 11) is 1.66. The lowest BCUT2D eigenvalue weighted by Gasteiger charge is -2.28. The first kappa shape index (κ1) is 23.1. The van der Waals surface area contributed by atoms with Gasteiger partial charge in [-0.2, -0.15) is 0 Å². The number of nitrogens with one attached hydrogen (secondary N) is 3. The van der Waals surface area contributed by atoms with E-state index in [0.717, 1.165) is 23.8 Å². The van der Waals surface area contributed by atoms with Gasteiger partial charge in [0, 0.05) is 36.4 Å². The predicted molar refractivity (Wildman–Crippen MR) is 118 cm³/mol. The normalized spacial score (nSPS) is 22.3. The smallest absolute Gasteiger partial charge is 0.130 e. The van der Waals surface area contributed by atoms with Crippen LogP contribution in [0.25, 0.3) is 0 Å². The van der Waals surface area contributed by atoms with Crippen molar-refractivity contribution >= 4 is 0 Å². The van der Waals surface area contributed by atoms with Gasteiger partial charge in [0.2, 0.25) is 0 Å². The molecule has 0 spiro atoms. The standard InChI is InChI=1S/C23H30F2N4O/c1-5-6-22(25)21(16(3)24)14-27-15(2)7-8-17(11-26)9-18-12-28-23-20(18)10-19(30-4)13-29-23/h5-8,11-13,20,23,27-29H,1-2,9-10,14,26H2,3-4H3/b8-7-,17-11+,21-16+,22-6+. The van der Waals surface area contributed by atoms with Gasteiger partial charge in [0.25, 0.3) is 0 Å². The van der Waals surface area contributed by atoms with E-state index in [1.54, 1.807) is 19.4 Å². The van der Waals surface area contributed by atoms with E-state index < -0.39 is 11.7 Å². The van der Waals surface area contributed by atoms with Crippen molar-refractivity contribution < 1.29 is 13.5 Å². The van der Waals surface area contributed by atoms with Crippen LogP contribution >= 0.6 is 0 Å². The van der Waals surface area contributed by atoms with Crippen LogP contribution in [0.3, 0.4) is 0 Å². The van der Waals surface area contributed by atoms with Gasteiger partial charge in [0.05, 0.1) is 7.11 Å². The third kappa shape index (κ3) is 6.14. The van der Waals surface area contributed by atoms with Gasteiger partial charge in [-0.25, -0.2) is 8.78 Å². The molecule has 2 aliphatic heterocycles. The Morgan fingerprint density at radius 2 is 2.07 bits per heavy atom. The molecule has 5 nitrogen and oxygen atoms in total. The fourth-order valence-corrected chi connectivity index (χ4v) is 3.28. The minimum Gasteiger partial charge on any atom is -0.500 e. The van der Waals surface area contributed by atoms with Crippen molar-refractivity contribution in [3.8, 4) is 0 Å². The zero-order valence-corrected chi connectivity index (χ0v) is 17.5. The summed E-state index contributed by atoms with van der Waals surface area (Å²) in [5.41, 5.74) is 8.36. The average Bonchev–Trinajstić information content (AvgIpc) is 3.12. The summed E-state index contributed by atoms with van der Waals surface area (Å²) in [6, 6.07) is 0. The number of nitrogens with two attached hydrogens (primary N) is 1. The molecule has 30 heavy (non-hydrogen) atoms. The Balaban J connectivity index is 1.94. The molecular weight excluding hydrogens is 386 g/mol. The van der Waals surface area contributed by atoms with Crippen molar-refractivity contribution in [1.29, 1.82) is 0 Å². The summed E-state index contributed by atoms with van der Waals surface area (Å²) < 4.78 is 32.9. The number of ether oxygens (including phenoxy) is 1. The van der Waals surface area contributed by atoms with Gasteiger partial charge in [0.1, 0.15) is 23.6 Å². The number of methoxy groups -OCH3 is 1. The third-order valence-corrected chi connectivity index (χ3v) is 5.02. The molecule has 2 unspecified atom stereocenters. The van der Waals surface area contributed by atoms with E-state index in [2.05, 4.69) is 29.1 Å². The van der Waals surface area contributed by atoms with Crippen LogP contribution < -0.4 is 21.7 Å². The van der Waals surface area contributed by atoms with Crippen LogP contribution in [0, 0.1) is 5.92 Å². The molecule has 2 rings (SSSR count). The molecule has 0 aromatic heterocycles. The summed E-state index contributed by atoms with van der Waals surface area (Å²) in [5, 5.41) is 9.53. The maximum absolute atomic E-state index is 13.9. The Morgan fingerprint density at radius 3 is 2.70 bits per heavy atom. The second-order valence-corrected chi connectivity index (χ2v) is 7.05.